The maximum atomic E-state index is 11.6. The number of hydrogen-bond donors (Lipinski definition) is 1. The molecule has 3 aliphatic rings. The molecule has 3 aliphatic heterocycles. The molecule has 2 atom stereocenters. The van der Waals surface area contributed by atoms with E-state index in [1.54, 1.807) is 0 Å². The predicted octanol–water partition coefficient (Wildman–Crippen LogP) is 1.01. The van der Waals surface area contributed by atoms with Crippen molar-refractivity contribution in [2.24, 2.45) is 0 Å². The van der Waals surface area contributed by atoms with E-state index >= 15 is 0 Å². The van der Waals surface area contributed by atoms with Gasteiger partial charge in [-0.1, -0.05) is 6.07 Å². The van der Waals surface area contributed by atoms with Gasteiger partial charge < -0.3 is 14.8 Å². The van der Waals surface area contributed by atoms with Gasteiger partial charge in [0.25, 0.3) is 0 Å². The van der Waals surface area contributed by atoms with Crippen molar-refractivity contribution in [2.75, 3.05) is 32.8 Å². The van der Waals surface area contributed by atoms with Gasteiger partial charge in [-0.15, -0.1) is 0 Å². The smallest absolute Gasteiger partial charge is 0.338 e. The van der Waals surface area contributed by atoms with Crippen molar-refractivity contribution in [3.05, 3.63) is 34.4 Å². The number of carbonyl (C=O) groups is 1. The summed E-state index contributed by atoms with van der Waals surface area (Å²) < 4.78 is 11.2. The van der Waals surface area contributed by atoms with Crippen molar-refractivity contribution in [3.8, 4) is 0 Å². The van der Waals surface area contributed by atoms with Crippen LogP contribution < -0.4 is 5.32 Å². The topological polar surface area (TPSA) is 50.8 Å². The third-order valence-corrected chi connectivity index (χ3v) is 4.92. The minimum atomic E-state index is -0.202. The van der Waals surface area contributed by atoms with Crippen LogP contribution in [0.1, 0.15) is 33.2 Å². The first-order chi connectivity index (χ1) is 10.2. The highest BCUT2D eigenvalue weighted by Crippen LogP contribution is 2.33. The van der Waals surface area contributed by atoms with Crippen molar-refractivity contribution in [1.82, 2.24) is 10.2 Å². The van der Waals surface area contributed by atoms with Crippen molar-refractivity contribution in [2.45, 2.75) is 25.7 Å². The van der Waals surface area contributed by atoms with Crippen LogP contribution >= 0.6 is 0 Å². The maximum absolute atomic E-state index is 11.6. The molecule has 5 nitrogen and oxygen atoms in total. The summed E-state index contributed by atoms with van der Waals surface area (Å²) in [7, 11) is 0. The standard InChI is InChI=1S/C16H20N2O3/c1-10-12(2-3-13-14(10)9-21-16(13)19)15-7-18-5-4-17-6-11(18)8-20-15/h2-3,11,15,17H,4-9H2,1H3/t11-,15+/m0/s1. The van der Waals surface area contributed by atoms with Crippen molar-refractivity contribution in [1.29, 1.82) is 0 Å². The van der Waals surface area contributed by atoms with Crippen LogP contribution in [0.4, 0.5) is 0 Å². The van der Waals surface area contributed by atoms with Crippen LogP contribution in [0.5, 0.6) is 0 Å². The van der Waals surface area contributed by atoms with Crippen molar-refractivity contribution < 1.29 is 14.3 Å². The van der Waals surface area contributed by atoms with Crippen LogP contribution in [0, 0.1) is 6.92 Å². The van der Waals surface area contributed by atoms with Gasteiger partial charge in [-0.3, -0.25) is 4.90 Å². The van der Waals surface area contributed by atoms with Crippen LogP contribution in [-0.4, -0.2) is 49.7 Å². The summed E-state index contributed by atoms with van der Waals surface area (Å²) in [6, 6.07) is 4.42. The lowest BCUT2D eigenvalue weighted by Gasteiger charge is -2.43. The number of ether oxygens (including phenoxy) is 2. The molecule has 0 amide bonds. The van der Waals surface area contributed by atoms with E-state index in [0.717, 1.165) is 43.9 Å². The van der Waals surface area contributed by atoms with E-state index in [9.17, 15) is 4.79 Å². The number of hydrogen-bond acceptors (Lipinski definition) is 5. The molecule has 1 N–H and O–H groups in total. The summed E-state index contributed by atoms with van der Waals surface area (Å²) >= 11 is 0. The zero-order valence-electron chi connectivity index (χ0n) is 12.2. The monoisotopic (exact) mass is 288 g/mol. The average molecular weight is 288 g/mol. The van der Waals surface area contributed by atoms with Gasteiger partial charge in [-0.2, -0.15) is 0 Å². The maximum Gasteiger partial charge on any atom is 0.338 e. The zero-order chi connectivity index (χ0) is 14.4. The Bertz CT molecular complexity index is 587. The minimum Gasteiger partial charge on any atom is -0.457 e. The molecule has 112 valence electrons. The predicted molar refractivity (Wildman–Crippen MR) is 77.2 cm³/mol. The first-order valence-corrected chi connectivity index (χ1v) is 7.60. The highest BCUT2D eigenvalue weighted by Gasteiger charge is 2.33. The number of nitrogens with zero attached hydrogens (tertiary/aromatic N) is 1. The Hall–Kier alpha value is -1.43. The highest BCUT2D eigenvalue weighted by molar-refractivity contribution is 5.93. The van der Waals surface area contributed by atoms with Crippen LogP contribution in [0.2, 0.25) is 0 Å². The van der Waals surface area contributed by atoms with Gasteiger partial charge in [0, 0.05) is 37.8 Å². The molecule has 5 heteroatoms. The quantitative estimate of drug-likeness (QED) is 0.782. The molecule has 1 aromatic carbocycles. The first-order valence-electron chi connectivity index (χ1n) is 7.60. The third-order valence-electron chi connectivity index (χ3n) is 4.92. The summed E-state index contributed by atoms with van der Waals surface area (Å²) in [4.78, 5) is 14.1. The molecule has 2 saturated heterocycles. The SMILES string of the molecule is Cc1c([C@H]2CN3CCNC[C@H]3CO2)ccc2c1COC2=O. The fraction of sp³-hybridized carbons (Fsp3) is 0.562. The lowest BCUT2D eigenvalue weighted by atomic mass is 9.94. The second kappa shape index (κ2) is 5.09. The molecule has 4 rings (SSSR count). The second-order valence-electron chi connectivity index (χ2n) is 6.06. The van der Waals surface area contributed by atoms with Crippen LogP contribution in [-0.2, 0) is 16.1 Å². The lowest BCUT2D eigenvalue weighted by Crippen LogP contribution is -2.57. The van der Waals surface area contributed by atoms with Gasteiger partial charge in [-0.25, -0.2) is 4.79 Å². The Morgan fingerprint density at radius 1 is 1.38 bits per heavy atom. The fourth-order valence-electron chi connectivity index (χ4n) is 3.61. The number of fused-ring (bicyclic) bond motifs is 2. The molecule has 3 heterocycles. The fourth-order valence-corrected chi connectivity index (χ4v) is 3.61. The van der Waals surface area contributed by atoms with E-state index in [-0.39, 0.29) is 12.1 Å². The van der Waals surface area contributed by atoms with Crippen LogP contribution in [0.25, 0.3) is 0 Å². The summed E-state index contributed by atoms with van der Waals surface area (Å²) in [6.07, 6.45) is 0.0975. The van der Waals surface area contributed by atoms with Crippen LogP contribution in [0.3, 0.4) is 0 Å². The molecule has 0 bridgehead atoms. The number of benzene rings is 1. The molecule has 1 aromatic rings. The Morgan fingerprint density at radius 3 is 3.19 bits per heavy atom. The molecule has 0 saturated carbocycles. The molecule has 2 fully saturated rings. The van der Waals surface area contributed by atoms with E-state index in [0.29, 0.717) is 18.2 Å². The third kappa shape index (κ3) is 2.16. The van der Waals surface area contributed by atoms with Gasteiger partial charge in [-0.05, 0) is 24.1 Å². The Balaban J connectivity index is 1.61. The van der Waals surface area contributed by atoms with Crippen molar-refractivity contribution >= 4 is 5.97 Å². The molecule has 21 heavy (non-hydrogen) atoms. The lowest BCUT2D eigenvalue weighted by molar-refractivity contribution is -0.0720. The van der Waals surface area contributed by atoms with Crippen molar-refractivity contribution in [3.63, 3.8) is 0 Å². The first kappa shape index (κ1) is 13.2. The normalized spacial score (nSPS) is 28.9. The number of cyclic esters (lactones) is 1. The molecule has 0 unspecified atom stereocenters. The van der Waals surface area contributed by atoms with E-state index in [1.165, 1.54) is 5.56 Å². The largest absolute Gasteiger partial charge is 0.457 e. The molecule has 0 radical (unpaired) electrons. The summed E-state index contributed by atoms with van der Waals surface area (Å²) in [5, 5.41) is 3.41. The van der Waals surface area contributed by atoms with Gasteiger partial charge in [0.2, 0.25) is 0 Å². The Morgan fingerprint density at radius 2 is 2.29 bits per heavy atom. The number of piperazine rings is 1. The minimum absolute atomic E-state index is 0.0975. The van der Waals surface area contributed by atoms with Gasteiger partial charge in [0.05, 0.1) is 18.3 Å². The molecule has 0 aliphatic carbocycles. The number of esters is 1. The zero-order valence-corrected chi connectivity index (χ0v) is 12.2. The molecule has 0 spiro atoms. The van der Waals surface area contributed by atoms with Crippen LogP contribution in [0.15, 0.2) is 12.1 Å². The number of rotatable bonds is 1. The number of nitrogens with one attached hydrogen (secondary N) is 1. The molecule has 0 aromatic heterocycles. The van der Waals surface area contributed by atoms with E-state index in [4.69, 9.17) is 9.47 Å². The summed E-state index contributed by atoms with van der Waals surface area (Å²) in [5.41, 5.74) is 4.09. The Labute approximate surface area is 124 Å². The van der Waals surface area contributed by atoms with Gasteiger partial charge in [0.1, 0.15) is 6.61 Å². The summed E-state index contributed by atoms with van der Waals surface area (Å²) in [6.45, 7) is 7.31. The van der Waals surface area contributed by atoms with Gasteiger partial charge >= 0.3 is 5.97 Å². The molecular weight excluding hydrogens is 268 g/mol. The average Bonchev–Trinajstić information content (AvgIpc) is 2.90. The summed E-state index contributed by atoms with van der Waals surface area (Å²) in [5.74, 6) is -0.202. The molecular formula is C16H20N2O3. The van der Waals surface area contributed by atoms with E-state index in [1.807, 2.05) is 12.1 Å². The highest BCUT2D eigenvalue weighted by atomic mass is 16.5. The number of carbonyl (C=O) groups excluding carboxylic acids is 1. The number of morpholine rings is 1. The Kier molecular flexibility index (Phi) is 3.21. The van der Waals surface area contributed by atoms with E-state index in [2.05, 4.69) is 17.1 Å². The van der Waals surface area contributed by atoms with Gasteiger partial charge in [0.15, 0.2) is 0 Å². The second-order valence-corrected chi connectivity index (χ2v) is 6.06. The van der Waals surface area contributed by atoms with E-state index < -0.39 is 0 Å².